The average molecular weight is 576 g/mol. The van der Waals surface area contributed by atoms with Crippen LogP contribution in [-0.2, 0) is 20.8 Å². The molecule has 0 spiro atoms. The van der Waals surface area contributed by atoms with Crippen molar-refractivity contribution in [2.45, 2.75) is 71.9 Å². The van der Waals surface area contributed by atoms with E-state index in [2.05, 4.69) is 54.9 Å². The molecule has 1 heterocycles. The van der Waals surface area contributed by atoms with Crippen molar-refractivity contribution in [3.8, 4) is 0 Å². The van der Waals surface area contributed by atoms with Gasteiger partial charge in [0.2, 0.25) is 11.8 Å². The maximum absolute atomic E-state index is 13.0. The summed E-state index contributed by atoms with van der Waals surface area (Å²) in [5, 5.41) is 5.54. The molecule has 0 radical (unpaired) electrons. The summed E-state index contributed by atoms with van der Waals surface area (Å²) in [4.78, 5) is 24.9. The summed E-state index contributed by atoms with van der Waals surface area (Å²) in [5.74, 6) is -1.20. The van der Waals surface area contributed by atoms with Gasteiger partial charge in [-0.1, -0.05) is 62.6 Å². The molecule has 1 aliphatic carbocycles. The molecule has 1 aliphatic heterocycles. The van der Waals surface area contributed by atoms with Gasteiger partial charge in [-0.25, -0.2) is 12.9 Å². The number of hydrogen-bond acceptors (Lipinski definition) is 4. The van der Waals surface area contributed by atoms with Crippen molar-refractivity contribution in [2.24, 2.45) is 11.7 Å². The Hall–Kier alpha value is -2.66. The Bertz CT molecular complexity index is 1060. The molecule has 1 aromatic carbocycles. The van der Waals surface area contributed by atoms with Gasteiger partial charge in [0.1, 0.15) is 5.82 Å². The lowest BCUT2D eigenvalue weighted by Crippen LogP contribution is -2.48. The third kappa shape index (κ3) is 11.8. The van der Waals surface area contributed by atoms with E-state index in [9.17, 15) is 18.2 Å². The zero-order valence-corrected chi connectivity index (χ0v) is 25.1. The van der Waals surface area contributed by atoms with Crippen LogP contribution in [0.25, 0.3) is 0 Å². The number of nitrogens with two attached hydrogens (primary N) is 1. The van der Waals surface area contributed by atoms with Crippen molar-refractivity contribution >= 4 is 28.7 Å². The molecule has 4 unspecified atom stereocenters. The summed E-state index contributed by atoms with van der Waals surface area (Å²) < 4.78 is 29.3. The molecular formula is C30H46FN5O3S. The number of benzene rings is 1. The van der Waals surface area contributed by atoms with E-state index < -0.39 is 23.3 Å². The maximum atomic E-state index is 13.0. The first-order chi connectivity index (χ1) is 19.1. The summed E-state index contributed by atoms with van der Waals surface area (Å²) in [5.41, 5.74) is 7.97. The lowest BCUT2D eigenvalue weighted by molar-refractivity contribution is -0.124. The predicted octanol–water partition coefficient (Wildman–Crippen LogP) is 4.46. The third-order valence-electron chi connectivity index (χ3n) is 6.72. The van der Waals surface area contributed by atoms with Gasteiger partial charge in [0.05, 0.1) is 6.04 Å². The molecule has 0 saturated carbocycles. The van der Waals surface area contributed by atoms with Gasteiger partial charge in [-0.3, -0.25) is 9.59 Å². The van der Waals surface area contributed by atoms with E-state index in [1.165, 1.54) is 29.8 Å². The van der Waals surface area contributed by atoms with Crippen molar-refractivity contribution in [1.82, 2.24) is 13.9 Å². The minimum Gasteiger partial charge on any atom is -0.353 e. The molecular weight excluding hydrogens is 529 g/mol. The Morgan fingerprint density at radius 1 is 1.10 bits per heavy atom. The molecule has 1 fully saturated rings. The normalized spacial score (nSPS) is 19.6. The minimum atomic E-state index is -1.31. The van der Waals surface area contributed by atoms with Crippen LogP contribution in [0.4, 0.5) is 10.1 Å². The number of nitrogens with one attached hydrogen (secondary N) is 2. The highest BCUT2D eigenvalue weighted by Gasteiger charge is 2.34. The molecule has 10 heteroatoms. The van der Waals surface area contributed by atoms with Gasteiger partial charge in [-0.05, 0) is 57.4 Å². The molecule has 3 rings (SSSR count). The van der Waals surface area contributed by atoms with Crippen LogP contribution in [0.5, 0.6) is 0 Å². The molecule has 8 nitrogen and oxygen atoms in total. The topological polar surface area (TPSA) is 108 Å². The first kappa shape index (κ1) is 33.5. The van der Waals surface area contributed by atoms with E-state index in [4.69, 9.17) is 5.73 Å². The third-order valence-corrected chi connectivity index (χ3v) is 8.42. The second-order valence-corrected chi connectivity index (χ2v) is 11.7. The highest BCUT2D eigenvalue weighted by atomic mass is 32.2. The minimum absolute atomic E-state index is 0.220. The fourth-order valence-electron chi connectivity index (χ4n) is 4.21. The number of anilines is 1. The smallest absolute Gasteiger partial charge is 0.238 e. The summed E-state index contributed by atoms with van der Waals surface area (Å²) in [6.07, 6.45) is 15.3. The van der Waals surface area contributed by atoms with Crippen LogP contribution in [0.1, 0.15) is 59.8 Å². The van der Waals surface area contributed by atoms with Crippen LogP contribution in [0, 0.1) is 11.7 Å². The highest BCUT2D eigenvalue weighted by Crippen LogP contribution is 2.17. The van der Waals surface area contributed by atoms with E-state index in [1.807, 2.05) is 4.31 Å². The molecule has 1 saturated heterocycles. The molecule has 222 valence electrons. The summed E-state index contributed by atoms with van der Waals surface area (Å²) in [7, 11) is 0. The van der Waals surface area contributed by atoms with Crippen LogP contribution in [0.3, 0.4) is 0 Å². The van der Waals surface area contributed by atoms with Gasteiger partial charge in [-0.2, -0.15) is 4.31 Å². The first-order valence-electron chi connectivity index (χ1n) is 14.2. The SMILES string of the molecule is CC1=CC=CCC=C1.CCCCCN1CCN(C(C)C(=O)NCC(N)CC(C)C(=O)Nc2ccc(F)cc2)S1=O. The van der Waals surface area contributed by atoms with Crippen molar-refractivity contribution in [3.63, 3.8) is 0 Å². The Morgan fingerprint density at radius 2 is 1.82 bits per heavy atom. The maximum Gasteiger partial charge on any atom is 0.238 e. The summed E-state index contributed by atoms with van der Waals surface area (Å²) in [6, 6.07) is 4.61. The van der Waals surface area contributed by atoms with Crippen molar-refractivity contribution in [2.75, 3.05) is 31.5 Å². The first-order valence-corrected chi connectivity index (χ1v) is 15.2. The Balaban J connectivity index is 0.000000598. The highest BCUT2D eigenvalue weighted by molar-refractivity contribution is 7.80. The summed E-state index contributed by atoms with van der Waals surface area (Å²) >= 11 is -1.31. The van der Waals surface area contributed by atoms with Gasteiger partial charge >= 0.3 is 0 Å². The molecule has 0 aromatic heterocycles. The van der Waals surface area contributed by atoms with Crippen LogP contribution in [-0.4, -0.2) is 62.9 Å². The summed E-state index contributed by atoms with van der Waals surface area (Å²) in [6.45, 7) is 9.99. The quantitative estimate of drug-likeness (QED) is 0.320. The number of carbonyl (C=O) groups is 2. The van der Waals surface area contributed by atoms with E-state index in [1.54, 1.807) is 18.2 Å². The molecule has 4 atom stereocenters. The Morgan fingerprint density at radius 3 is 2.52 bits per heavy atom. The number of hydrogen-bond donors (Lipinski definition) is 3. The molecule has 4 N–H and O–H groups in total. The van der Waals surface area contributed by atoms with Gasteiger partial charge < -0.3 is 16.4 Å². The Kier molecular flexibility index (Phi) is 15.0. The molecule has 0 bridgehead atoms. The molecule has 2 aliphatic rings. The average Bonchev–Trinajstić information content (AvgIpc) is 3.12. The van der Waals surface area contributed by atoms with Gasteiger partial charge in [0.15, 0.2) is 11.2 Å². The van der Waals surface area contributed by atoms with Gasteiger partial charge in [0, 0.05) is 43.8 Å². The fraction of sp³-hybridized carbons (Fsp3) is 0.533. The standard InChI is InChI=1S/C22H36FN5O3S.C8H10/c1-4-5-6-11-27-12-13-28(32(27)31)17(3)22(30)25-15-19(24)14-16(2)21(29)26-20-9-7-18(23)8-10-20;1-8-6-4-2-3-5-7-8/h7-10,16-17,19H,4-6,11-15,24H2,1-3H3,(H,25,30)(H,26,29);2,4-7H,3H2,1H3. The van der Waals surface area contributed by atoms with Crippen molar-refractivity contribution < 1.29 is 18.2 Å². The number of halogens is 1. The number of carbonyl (C=O) groups excluding carboxylic acids is 2. The number of allylic oxidation sites excluding steroid dienone is 6. The van der Waals surface area contributed by atoms with Crippen LogP contribution in [0.15, 0.2) is 60.2 Å². The number of amides is 2. The zero-order chi connectivity index (χ0) is 29.5. The zero-order valence-electron chi connectivity index (χ0n) is 24.3. The number of nitrogens with zero attached hydrogens (tertiary/aromatic N) is 2. The fourth-order valence-corrected chi connectivity index (χ4v) is 5.64. The molecule has 40 heavy (non-hydrogen) atoms. The second-order valence-electron chi connectivity index (χ2n) is 10.3. The van der Waals surface area contributed by atoms with E-state index in [-0.39, 0.29) is 30.1 Å². The van der Waals surface area contributed by atoms with Crippen LogP contribution < -0.4 is 16.4 Å². The lowest BCUT2D eigenvalue weighted by Gasteiger charge is -2.24. The number of rotatable bonds is 12. The monoisotopic (exact) mass is 575 g/mol. The van der Waals surface area contributed by atoms with Crippen LogP contribution in [0.2, 0.25) is 0 Å². The predicted molar refractivity (Wildman–Crippen MR) is 162 cm³/mol. The van der Waals surface area contributed by atoms with Crippen molar-refractivity contribution in [1.29, 1.82) is 0 Å². The number of unbranched alkanes of at least 4 members (excludes halogenated alkanes) is 2. The van der Waals surface area contributed by atoms with E-state index in [0.29, 0.717) is 25.2 Å². The van der Waals surface area contributed by atoms with Gasteiger partial charge in [0.25, 0.3) is 0 Å². The molecule has 1 aromatic rings. The Labute approximate surface area is 241 Å². The lowest BCUT2D eigenvalue weighted by atomic mass is 10.0. The van der Waals surface area contributed by atoms with Crippen molar-refractivity contribution in [3.05, 3.63) is 66.0 Å². The largest absolute Gasteiger partial charge is 0.353 e. The second kappa shape index (κ2) is 17.9. The van der Waals surface area contributed by atoms with Crippen LogP contribution >= 0.6 is 0 Å². The van der Waals surface area contributed by atoms with Gasteiger partial charge in [-0.15, -0.1) is 0 Å². The molecule has 2 amide bonds. The van der Waals surface area contributed by atoms with E-state index >= 15 is 0 Å². The van der Waals surface area contributed by atoms with E-state index in [0.717, 1.165) is 32.2 Å².